The van der Waals surface area contributed by atoms with Crippen molar-refractivity contribution in [3.63, 3.8) is 0 Å². The first kappa shape index (κ1) is 14.6. The maximum atomic E-state index is 9.46. The van der Waals surface area contributed by atoms with Crippen LogP contribution in [0.2, 0.25) is 0 Å². The summed E-state index contributed by atoms with van der Waals surface area (Å²) >= 11 is 0. The summed E-state index contributed by atoms with van der Waals surface area (Å²) in [5.41, 5.74) is 5.28. The largest absolute Gasteiger partial charge is 0.276 e. The van der Waals surface area contributed by atoms with Gasteiger partial charge in [0, 0.05) is 10.9 Å². The van der Waals surface area contributed by atoms with Gasteiger partial charge in [-0.1, -0.05) is 36.4 Å². The molecule has 0 saturated heterocycles. The average molecular weight is 311 g/mol. The van der Waals surface area contributed by atoms with Gasteiger partial charge < -0.3 is 0 Å². The normalized spacial score (nSPS) is 15.5. The zero-order valence-corrected chi connectivity index (χ0v) is 13.7. The summed E-state index contributed by atoms with van der Waals surface area (Å²) in [7, 11) is 0. The second-order valence-corrected chi connectivity index (χ2v) is 6.78. The molecule has 0 amide bonds. The fraction of sp³-hybridized carbons (Fsp3) is 0.190. The molecule has 116 valence electrons. The lowest BCUT2D eigenvalue weighted by Gasteiger charge is -2.29. The molecule has 1 aliphatic heterocycles. The van der Waals surface area contributed by atoms with Crippen LogP contribution in [-0.2, 0) is 6.42 Å². The van der Waals surface area contributed by atoms with E-state index in [1.807, 2.05) is 42.5 Å². The molecule has 2 heterocycles. The van der Waals surface area contributed by atoms with E-state index < -0.39 is 0 Å². The molecule has 4 rings (SSSR count). The number of hydrogen-bond acceptors (Lipinski definition) is 3. The summed E-state index contributed by atoms with van der Waals surface area (Å²) in [6, 6.07) is 20.3. The van der Waals surface area contributed by atoms with Gasteiger partial charge in [-0.15, -0.1) is 0 Å². The highest BCUT2D eigenvalue weighted by molar-refractivity contribution is 6.14. The lowest BCUT2D eigenvalue weighted by atomic mass is 9.83. The zero-order chi connectivity index (χ0) is 16.7. The van der Waals surface area contributed by atoms with E-state index in [1.54, 1.807) is 0 Å². The number of aliphatic imine (C=N–C) groups is 1. The van der Waals surface area contributed by atoms with E-state index in [0.29, 0.717) is 0 Å². The predicted molar refractivity (Wildman–Crippen MR) is 96.3 cm³/mol. The van der Waals surface area contributed by atoms with Gasteiger partial charge in [0.2, 0.25) is 0 Å². The minimum atomic E-state index is -0.247. The van der Waals surface area contributed by atoms with Gasteiger partial charge in [-0.05, 0) is 44.0 Å². The van der Waals surface area contributed by atoms with E-state index in [0.717, 1.165) is 45.4 Å². The molecule has 0 spiro atoms. The lowest BCUT2D eigenvalue weighted by Crippen LogP contribution is -2.30. The van der Waals surface area contributed by atoms with Crippen LogP contribution in [0.5, 0.6) is 0 Å². The molecule has 1 aliphatic rings. The van der Waals surface area contributed by atoms with Crippen LogP contribution in [0, 0.1) is 11.3 Å². The third-order valence-corrected chi connectivity index (χ3v) is 4.42. The number of rotatable bonds is 1. The summed E-state index contributed by atoms with van der Waals surface area (Å²) < 4.78 is 0. The number of aromatic nitrogens is 1. The van der Waals surface area contributed by atoms with Gasteiger partial charge in [0.15, 0.2) is 0 Å². The summed E-state index contributed by atoms with van der Waals surface area (Å²) in [4.78, 5) is 9.76. The van der Waals surface area contributed by atoms with E-state index in [-0.39, 0.29) is 5.54 Å². The first-order chi connectivity index (χ1) is 11.6. The number of hydrogen-bond donors (Lipinski definition) is 0. The molecule has 0 atom stereocenters. The van der Waals surface area contributed by atoms with Crippen LogP contribution in [-0.4, -0.2) is 16.2 Å². The Labute approximate surface area is 141 Å². The smallest absolute Gasteiger partial charge is 0.0994 e. The Balaban J connectivity index is 1.96. The Morgan fingerprint density at radius 1 is 1.00 bits per heavy atom. The van der Waals surface area contributed by atoms with Crippen LogP contribution in [0.25, 0.3) is 10.9 Å². The lowest BCUT2D eigenvalue weighted by molar-refractivity contribution is 0.512. The van der Waals surface area contributed by atoms with E-state index in [1.165, 1.54) is 0 Å². The number of pyridine rings is 1. The minimum absolute atomic E-state index is 0.247. The van der Waals surface area contributed by atoms with Crippen LogP contribution in [0.15, 0.2) is 59.6 Å². The Morgan fingerprint density at radius 3 is 2.67 bits per heavy atom. The molecular formula is C21H17N3. The van der Waals surface area contributed by atoms with E-state index >= 15 is 0 Å². The summed E-state index contributed by atoms with van der Waals surface area (Å²) in [5.74, 6) is 0. The van der Waals surface area contributed by atoms with Crippen LogP contribution in [0.1, 0.15) is 36.2 Å². The first-order valence-electron chi connectivity index (χ1n) is 8.06. The number of fused-ring (bicyclic) bond motifs is 2. The van der Waals surface area contributed by atoms with Crippen molar-refractivity contribution in [1.82, 2.24) is 4.98 Å². The van der Waals surface area contributed by atoms with Gasteiger partial charge in [0.1, 0.15) is 0 Å². The highest BCUT2D eigenvalue weighted by Gasteiger charge is 2.29. The number of nitrogens with zero attached hydrogens (tertiary/aromatic N) is 3. The fourth-order valence-electron chi connectivity index (χ4n) is 3.33. The van der Waals surface area contributed by atoms with Crippen LogP contribution in [0.3, 0.4) is 0 Å². The van der Waals surface area contributed by atoms with Crippen LogP contribution in [0.4, 0.5) is 0 Å². The molecule has 0 fully saturated rings. The van der Waals surface area contributed by atoms with Crippen molar-refractivity contribution in [1.29, 1.82) is 5.26 Å². The van der Waals surface area contributed by atoms with Gasteiger partial charge in [-0.25, -0.2) is 4.98 Å². The van der Waals surface area contributed by atoms with Crippen molar-refractivity contribution in [2.75, 3.05) is 0 Å². The maximum absolute atomic E-state index is 9.46. The molecule has 0 radical (unpaired) electrons. The van der Waals surface area contributed by atoms with Crippen molar-refractivity contribution in [2.24, 2.45) is 4.99 Å². The van der Waals surface area contributed by atoms with Crippen molar-refractivity contribution in [3.8, 4) is 6.07 Å². The minimum Gasteiger partial charge on any atom is -0.276 e. The molecule has 0 bridgehead atoms. The number of para-hydroxylation sites is 1. The molecule has 3 aromatic rings. The second kappa shape index (κ2) is 5.28. The highest BCUT2D eigenvalue weighted by atomic mass is 14.9. The average Bonchev–Trinajstić information content (AvgIpc) is 2.59. The zero-order valence-electron chi connectivity index (χ0n) is 13.7. The Hall–Kier alpha value is -2.99. The molecule has 2 aromatic carbocycles. The Bertz CT molecular complexity index is 1020. The predicted octanol–water partition coefficient (Wildman–Crippen LogP) is 4.28. The van der Waals surface area contributed by atoms with Crippen molar-refractivity contribution >= 4 is 16.6 Å². The van der Waals surface area contributed by atoms with Gasteiger partial charge in [0.05, 0.1) is 34.1 Å². The third-order valence-electron chi connectivity index (χ3n) is 4.42. The van der Waals surface area contributed by atoms with Crippen LogP contribution < -0.4 is 0 Å². The van der Waals surface area contributed by atoms with Crippen LogP contribution >= 0.6 is 0 Å². The molecular weight excluding hydrogens is 294 g/mol. The molecule has 1 aromatic heterocycles. The van der Waals surface area contributed by atoms with Gasteiger partial charge in [0.25, 0.3) is 0 Å². The number of nitriles is 1. The van der Waals surface area contributed by atoms with E-state index in [9.17, 15) is 5.26 Å². The fourth-order valence-corrected chi connectivity index (χ4v) is 3.33. The molecule has 0 unspecified atom stereocenters. The maximum Gasteiger partial charge on any atom is 0.0994 e. The van der Waals surface area contributed by atoms with Crippen molar-refractivity contribution in [3.05, 3.63) is 77.0 Å². The standard InChI is InChI=1S/C21H17N3/c1-21(2)12-17-15(13-22)7-5-8-16(17)20(24-21)19-11-10-14-6-3-4-9-18(14)23-19/h3-11H,12H2,1-2H3. The van der Waals surface area contributed by atoms with E-state index in [2.05, 4.69) is 32.0 Å². The van der Waals surface area contributed by atoms with Gasteiger partial charge in [-0.3, -0.25) is 4.99 Å². The molecule has 3 nitrogen and oxygen atoms in total. The SMILES string of the molecule is CC1(C)Cc2c(C#N)cccc2C(c2ccc3ccccc3n2)=N1. The van der Waals surface area contributed by atoms with Gasteiger partial charge in [-0.2, -0.15) is 5.26 Å². The van der Waals surface area contributed by atoms with Crippen molar-refractivity contribution in [2.45, 2.75) is 25.8 Å². The second-order valence-electron chi connectivity index (χ2n) is 6.78. The molecule has 24 heavy (non-hydrogen) atoms. The third kappa shape index (κ3) is 2.37. The molecule has 3 heteroatoms. The first-order valence-corrected chi connectivity index (χ1v) is 8.06. The summed E-state index contributed by atoms with van der Waals surface area (Å²) in [5, 5.41) is 10.6. The molecule has 0 saturated carbocycles. The van der Waals surface area contributed by atoms with Gasteiger partial charge >= 0.3 is 0 Å². The summed E-state index contributed by atoms with van der Waals surface area (Å²) in [6.07, 6.45) is 0.767. The molecule has 0 aliphatic carbocycles. The monoisotopic (exact) mass is 311 g/mol. The van der Waals surface area contributed by atoms with Crippen molar-refractivity contribution < 1.29 is 0 Å². The summed E-state index contributed by atoms with van der Waals surface area (Å²) in [6.45, 7) is 4.20. The Kier molecular flexibility index (Phi) is 3.21. The topological polar surface area (TPSA) is 49.0 Å². The highest BCUT2D eigenvalue weighted by Crippen LogP contribution is 2.31. The number of benzene rings is 2. The Morgan fingerprint density at radius 2 is 1.83 bits per heavy atom. The quantitative estimate of drug-likeness (QED) is 0.673. The molecule has 0 N–H and O–H groups in total. The van der Waals surface area contributed by atoms with E-state index in [4.69, 9.17) is 9.98 Å².